The van der Waals surface area contributed by atoms with Crippen LogP contribution in [0.4, 0.5) is 0 Å². The van der Waals surface area contributed by atoms with Crippen LogP contribution in [0.2, 0.25) is 0 Å². The first kappa shape index (κ1) is 21.4. The number of carbonyl (C=O) groups excluding carboxylic acids is 1. The van der Waals surface area contributed by atoms with Crippen molar-refractivity contribution in [1.82, 2.24) is 30.0 Å². The molecule has 1 aliphatic heterocycles. The molecular weight excluding hydrogens is 432 g/mol. The summed E-state index contributed by atoms with van der Waals surface area (Å²) in [5.74, 6) is 0.366. The van der Waals surface area contributed by atoms with Crippen molar-refractivity contribution < 1.29 is 14.3 Å². The third kappa shape index (κ3) is 4.33. The SMILES string of the molecule is Cc1cc(C(=O)NCc2cnc(C3CC3)cn2)nc2c1-c1nn(C[C@H]3COCCO3)cc1CC2. The molecule has 3 aromatic rings. The lowest BCUT2D eigenvalue weighted by atomic mass is 9.91. The third-order valence-corrected chi connectivity index (χ3v) is 6.66. The molecule has 0 bridgehead atoms. The highest BCUT2D eigenvalue weighted by Gasteiger charge is 2.27. The average molecular weight is 461 g/mol. The summed E-state index contributed by atoms with van der Waals surface area (Å²) < 4.78 is 13.2. The zero-order valence-corrected chi connectivity index (χ0v) is 19.3. The Hall–Kier alpha value is -3.17. The van der Waals surface area contributed by atoms with Gasteiger partial charge in [-0.25, -0.2) is 4.98 Å². The van der Waals surface area contributed by atoms with E-state index in [-0.39, 0.29) is 12.0 Å². The molecule has 34 heavy (non-hydrogen) atoms. The van der Waals surface area contributed by atoms with E-state index in [4.69, 9.17) is 19.6 Å². The Labute approximate surface area is 197 Å². The van der Waals surface area contributed by atoms with E-state index in [2.05, 4.69) is 21.5 Å². The first-order chi connectivity index (χ1) is 16.6. The first-order valence-corrected chi connectivity index (χ1v) is 12.0. The lowest BCUT2D eigenvalue weighted by molar-refractivity contribution is -0.0946. The van der Waals surface area contributed by atoms with Gasteiger partial charge >= 0.3 is 0 Å². The van der Waals surface area contributed by atoms with E-state index in [9.17, 15) is 4.79 Å². The predicted molar refractivity (Wildman–Crippen MR) is 123 cm³/mol. The van der Waals surface area contributed by atoms with E-state index >= 15 is 0 Å². The molecule has 0 radical (unpaired) electrons. The lowest BCUT2D eigenvalue weighted by Crippen LogP contribution is -2.32. The molecule has 2 fully saturated rings. The summed E-state index contributed by atoms with van der Waals surface area (Å²) in [4.78, 5) is 26.5. The number of nitrogens with zero attached hydrogens (tertiary/aromatic N) is 5. The summed E-state index contributed by atoms with van der Waals surface area (Å²) in [6, 6.07) is 1.85. The molecule has 3 aliphatic rings. The van der Waals surface area contributed by atoms with Gasteiger partial charge in [-0.1, -0.05) is 0 Å². The Morgan fingerprint density at radius 2 is 2.12 bits per heavy atom. The second-order valence-electron chi connectivity index (χ2n) is 9.33. The minimum atomic E-state index is -0.204. The van der Waals surface area contributed by atoms with E-state index < -0.39 is 0 Å². The van der Waals surface area contributed by atoms with Gasteiger partial charge in [0, 0.05) is 23.9 Å². The molecule has 3 aromatic heterocycles. The second-order valence-corrected chi connectivity index (χ2v) is 9.33. The zero-order valence-electron chi connectivity index (χ0n) is 19.3. The van der Waals surface area contributed by atoms with Crippen LogP contribution in [0.3, 0.4) is 0 Å². The smallest absolute Gasteiger partial charge is 0.270 e. The highest BCUT2D eigenvalue weighted by molar-refractivity contribution is 5.93. The number of aromatic nitrogens is 5. The molecule has 9 heteroatoms. The van der Waals surface area contributed by atoms with E-state index in [1.807, 2.05) is 23.9 Å². The van der Waals surface area contributed by atoms with Gasteiger partial charge in [0.15, 0.2) is 0 Å². The zero-order chi connectivity index (χ0) is 23.1. The maximum atomic E-state index is 12.8. The van der Waals surface area contributed by atoms with E-state index in [1.54, 1.807) is 6.20 Å². The summed E-state index contributed by atoms with van der Waals surface area (Å²) >= 11 is 0. The topological polar surface area (TPSA) is 104 Å². The Kier molecular flexibility index (Phi) is 5.58. The van der Waals surface area contributed by atoms with Crippen LogP contribution in [0.15, 0.2) is 24.7 Å². The van der Waals surface area contributed by atoms with Crippen LogP contribution < -0.4 is 5.32 Å². The first-order valence-electron chi connectivity index (χ1n) is 12.0. The Morgan fingerprint density at radius 1 is 1.21 bits per heavy atom. The predicted octanol–water partition coefficient (Wildman–Crippen LogP) is 2.36. The minimum Gasteiger partial charge on any atom is -0.376 e. The van der Waals surface area contributed by atoms with Crippen LogP contribution in [0.5, 0.6) is 0 Å². The molecule has 1 saturated carbocycles. The minimum absolute atomic E-state index is 0.0227. The molecule has 4 heterocycles. The van der Waals surface area contributed by atoms with Gasteiger partial charge in [-0.15, -0.1) is 0 Å². The van der Waals surface area contributed by atoms with Crippen molar-refractivity contribution in [2.45, 2.75) is 57.7 Å². The summed E-state index contributed by atoms with van der Waals surface area (Å²) in [7, 11) is 0. The molecule has 1 N–H and O–H groups in total. The van der Waals surface area contributed by atoms with Gasteiger partial charge in [0.1, 0.15) is 11.8 Å². The van der Waals surface area contributed by atoms with Crippen molar-refractivity contribution in [2.24, 2.45) is 0 Å². The molecule has 176 valence electrons. The highest BCUT2D eigenvalue weighted by atomic mass is 16.6. The average Bonchev–Trinajstić information content (AvgIpc) is 3.63. The van der Waals surface area contributed by atoms with Gasteiger partial charge in [0.25, 0.3) is 5.91 Å². The van der Waals surface area contributed by atoms with Crippen LogP contribution in [0, 0.1) is 6.92 Å². The monoisotopic (exact) mass is 460 g/mol. The van der Waals surface area contributed by atoms with Gasteiger partial charge in [-0.05, 0) is 49.8 Å². The van der Waals surface area contributed by atoms with Crippen LogP contribution >= 0.6 is 0 Å². The maximum Gasteiger partial charge on any atom is 0.270 e. The van der Waals surface area contributed by atoms with Crippen LogP contribution in [0.25, 0.3) is 11.3 Å². The van der Waals surface area contributed by atoms with Gasteiger partial charge < -0.3 is 14.8 Å². The van der Waals surface area contributed by atoms with Crippen molar-refractivity contribution in [3.8, 4) is 11.3 Å². The second kappa shape index (κ2) is 8.88. The van der Waals surface area contributed by atoms with Gasteiger partial charge in [0.2, 0.25) is 0 Å². The largest absolute Gasteiger partial charge is 0.376 e. The van der Waals surface area contributed by atoms with Crippen LogP contribution in [0.1, 0.15) is 57.5 Å². The number of hydrogen-bond donors (Lipinski definition) is 1. The normalized spacial score (nSPS) is 19.4. The standard InChI is InChI=1S/C25H28N6O3/c1-15-8-21(25(32)28-10-18-9-27-22(11-26-18)16-2-3-16)29-20-5-4-17-12-31(30-24(17)23(15)20)13-19-14-33-6-7-34-19/h8-9,11-12,16,19H,2-7,10,13-14H2,1H3,(H,28,32)/t19-/m0/s1. The summed E-state index contributed by atoms with van der Waals surface area (Å²) in [5.41, 5.74) is 7.35. The molecule has 0 spiro atoms. The van der Waals surface area contributed by atoms with E-state index in [0.29, 0.717) is 44.5 Å². The van der Waals surface area contributed by atoms with Crippen LogP contribution in [-0.2, 0) is 35.4 Å². The quantitative estimate of drug-likeness (QED) is 0.602. The number of ether oxygens (including phenoxy) is 2. The van der Waals surface area contributed by atoms with E-state index in [0.717, 1.165) is 46.7 Å². The Bertz CT molecular complexity index is 1210. The molecule has 1 saturated heterocycles. The van der Waals surface area contributed by atoms with Gasteiger partial charge in [0.05, 0.1) is 61.9 Å². The number of nitrogens with one attached hydrogen (secondary N) is 1. The molecule has 1 amide bonds. The molecule has 0 aromatic carbocycles. The van der Waals surface area contributed by atoms with E-state index in [1.165, 1.54) is 18.4 Å². The molecule has 2 aliphatic carbocycles. The molecular formula is C25H28N6O3. The van der Waals surface area contributed by atoms with Crippen molar-refractivity contribution in [3.63, 3.8) is 0 Å². The highest BCUT2D eigenvalue weighted by Crippen LogP contribution is 2.38. The third-order valence-electron chi connectivity index (χ3n) is 6.66. The van der Waals surface area contributed by atoms with Crippen molar-refractivity contribution >= 4 is 5.91 Å². The van der Waals surface area contributed by atoms with Crippen molar-refractivity contribution in [3.05, 3.63) is 58.6 Å². The number of aryl methyl sites for hydroxylation is 3. The number of amides is 1. The summed E-state index contributed by atoms with van der Waals surface area (Å²) in [5, 5.41) is 7.78. The summed E-state index contributed by atoms with van der Waals surface area (Å²) in [6.07, 6.45) is 9.73. The number of fused-ring (bicyclic) bond motifs is 3. The number of pyridine rings is 1. The van der Waals surface area contributed by atoms with Crippen molar-refractivity contribution in [2.75, 3.05) is 19.8 Å². The molecule has 9 nitrogen and oxygen atoms in total. The maximum absolute atomic E-state index is 12.8. The van der Waals surface area contributed by atoms with Gasteiger partial charge in [-0.2, -0.15) is 5.10 Å². The van der Waals surface area contributed by atoms with Gasteiger partial charge in [-0.3, -0.25) is 19.4 Å². The number of rotatable bonds is 6. The lowest BCUT2D eigenvalue weighted by Gasteiger charge is -2.22. The Morgan fingerprint density at radius 3 is 2.88 bits per heavy atom. The fourth-order valence-electron chi connectivity index (χ4n) is 4.72. The number of hydrogen-bond acceptors (Lipinski definition) is 7. The Balaban J connectivity index is 1.16. The molecule has 6 rings (SSSR count). The van der Waals surface area contributed by atoms with Crippen molar-refractivity contribution in [1.29, 1.82) is 0 Å². The fourth-order valence-corrected chi connectivity index (χ4v) is 4.72. The summed E-state index contributed by atoms with van der Waals surface area (Å²) in [6.45, 7) is 4.89. The van der Waals surface area contributed by atoms with Crippen LogP contribution in [-0.4, -0.2) is 56.6 Å². The molecule has 1 atom stereocenters. The fraction of sp³-hybridized carbons (Fsp3) is 0.480. The molecule has 0 unspecified atom stereocenters. The number of carbonyl (C=O) groups is 1.